The Labute approximate surface area is 152 Å². The molecule has 0 atom stereocenters. The van der Waals surface area contributed by atoms with Crippen LogP contribution in [0.1, 0.15) is 47.4 Å². The van der Waals surface area contributed by atoms with Crippen LogP contribution in [0.15, 0.2) is 48.6 Å². The van der Waals surface area contributed by atoms with Gasteiger partial charge in [-0.1, -0.05) is 13.2 Å². The Morgan fingerprint density at radius 1 is 0.731 bits per heavy atom. The lowest BCUT2D eigenvalue weighted by Gasteiger charge is -2.06. The van der Waals surface area contributed by atoms with Crippen LogP contribution < -0.4 is 0 Å². The number of carbonyl (C=O) groups excluding carboxylic acids is 4. The number of ether oxygens (including phenoxy) is 2. The molecule has 0 amide bonds. The molecule has 138 valence electrons. The number of hydrogen-bond acceptors (Lipinski definition) is 6. The minimum absolute atomic E-state index is 0.0366. The van der Waals surface area contributed by atoms with Gasteiger partial charge in [0, 0.05) is 12.8 Å². The number of Topliss-reactive ketones (excluding diaryl/α,β-unsaturated/α-hetero) is 2. The van der Waals surface area contributed by atoms with Crippen LogP contribution in [0.25, 0.3) is 0 Å². The van der Waals surface area contributed by atoms with Gasteiger partial charge in [0.2, 0.25) is 0 Å². The molecular formula is C20H22O6. The van der Waals surface area contributed by atoms with Crippen LogP contribution in [0, 0.1) is 0 Å². The molecule has 1 aromatic carbocycles. The molecule has 1 aromatic rings. The zero-order valence-electron chi connectivity index (χ0n) is 15.0. The van der Waals surface area contributed by atoms with Crippen LogP contribution in [-0.4, -0.2) is 36.7 Å². The van der Waals surface area contributed by atoms with Crippen LogP contribution in [-0.2, 0) is 19.1 Å². The summed E-state index contributed by atoms with van der Waals surface area (Å²) in [6.45, 7) is 10.2. The highest BCUT2D eigenvalue weighted by atomic mass is 16.5. The Bertz CT molecular complexity index is 664. The molecule has 0 aliphatic carbocycles. The lowest BCUT2D eigenvalue weighted by molar-refractivity contribution is -0.117. The maximum absolute atomic E-state index is 11.9. The van der Waals surface area contributed by atoms with Crippen molar-refractivity contribution >= 4 is 23.5 Å². The molecule has 0 aliphatic heterocycles. The average molecular weight is 358 g/mol. The number of esters is 2. The molecule has 0 N–H and O–H groups in total. The van der Waals surface area contributed by atoms with Crippen molar-refractivity contribution < 1.29 is 28.7 Å². The molecule has 0 aliphatic rings. The molecular weight excluding hydrogens is 336 g/mol. The van der Waals surface area contributed by atoms with E-state index >= 15 is 0 Å². The highest BCUT2D eigenvalue weighted by molar-refractivity contribution is 5.96. The normalized spacial score (nSPS) is 9.92. The Morgan fingerprint density at radius 3 is 1.31 bits per heavy atom. The minimum atomic E-state index is -0.591. The van der Waals surface area contributed by atoms with Crippen LogP contribution in [0.3, 0.4) is 0 Å². The second-order valence-corrected chi connectivity index (χ2v) is 5.76. The minimum Gasteiger partial charge on any atom is -0.462 e. The van der Waals surface area contributed by atoms with E-state index in [0.29, 0.717) is 11.1 Å². The van der Waals surface area contributed by atoms with Crippen molar-refractivity contribution in [1.29, 1.82) is 0 Å². The van der Waals surface area contributed by atoms with Gasteiger partial charge in [0.05, 0.1) is 24.3 Å². The third-order valence-electron chi connectivity index (χ3n) is 3.43. The van der Waals surface area contributed by atoms with Gasteiger partial charge < -0.3 is 9.47 Å². The zero-order chi connectivity index (χ0) is 19.7. The smallest absolute Gasteiger partial charge is 0.338 e. The molecule has 6 heteroatoms. The molecule has 26 heavy (non-hydrogen) atoms. The standard InChI is InChI=1S/C20H22O6/c1-13(2)17(21)9-11-25-19(23)15-5-7-16(8-6-15)20(24)26-12-10-18(22)14(3)4/h5-8H,1,3,9-12H2,2,4H3. The number of hydrogen-bond donors (Lipinski definition) is 0. The molecule has 0 fully saturated rings. The first kappa shape index (κ1) is 21.0. The summed E-state index contributed by atoms with van der Waals surface area (Å²) < 4.78 is 10.0. The first-order chi connectivity index (χ1) is 12.2. The van der Waals surface area contributed by atoms with E-state index in [0.717, 1.165) is 0 Å². The summed E-state index contributed by atoms with van der Waals surface area (Å²) in [5.74, 6) is -1.51. The van der Waals surface area contributed by atoms with Crippen LogP contribution in [0.2, 0.25) is 0 Å². The summed E-state index contributed by atoms with van der Waals surface area (Å²) in [7, 11) is 0. The average Bonchev–Trinajstić information content (AvgIpc) is 2.61. The third-order valence-corrected chi connectivity index (χ3v) is 3.43. The van der Waals surface area contributed by atoms with Gasteiger partial charge in [-0.05, 0) is 49.3 Å². The van der Waals surface area contributed by atoms with Crippen LogP contribution in [0.5, 0.6) is 0 Å². The first-order valence-electron chi connectivity index (χ1n) is 8.04. The van der Waals surface area contributed by atoms with Gasteiger partial charge in [0.25, 0.3) is 0 Å². The van der Waals surface area contributed by atoms with Gasteiger partial charge in [0.1, 0.15) is 0 Å². The number of ketones is 2. The van der Waals surface area contributed by atoms with E-state index < -0.39 is 11.9 Å². The van der Waals surface area contributed by atoms with Crippen LogP contribution >= 0.6 is 0 Å². The van der Waals surface area contributed by atoms with Crippen molar-refractivity contribution in [2.75, 3.05) is 13.2 Å². The van der Waals surface area contributed by atoms with Crippen molar-refractivity contribution in [2.24, 2.45) is 0 Å². The maximum Gasteiger partial charge on any atom is 0.338 e. The maximum atomic E-state index is 11.9. The van der Waals surface area contributed by atoms with E-state index in [-0.39, 0.29) is 48.7 Å². The van der Waals surface area contributed by atoms with Gasteiger partial charge in [-0.2, -0.15) is 0 Å². The Kier molecular flexibility index (Phi) is 8.15. The molecule has 0 spiro atoms. The van der Waals surface area contributed by atoms with E-state index in [1.54, 1.807) is 13.8 Å². The third kappa shape index (κ3) is 6.84. The quantitative estimate of drug-likeness (QED) is 0.472. The molecule has 0 heterocycles. The second-order valence-electron chi connectivity index (χ2n) is 5.76. The van der Waals surface area contributed by atoms with E-state index in [4.69, 9.17) is 9.47 Å². The number of benzene rings is 1. The second kappa shape index (κ2) is 10.1. The van der Waals surface area contributed by atoms with Crippen molar-refractivity contribution in [2.45, 2.75) is 26.7 Å². The van der Waals surface area contributed by atoms with Crippen molar-refractivity contribution in [1.82, 2.24) is 0 Å². The summed E-state index contributed by atoms with van der Waals surface area (Å²) >= 11 is 0. The molecule has 0 saturated carbocycles. The molecule has 1 rings (SSSR count). The summed E-state index contributed by atoms with van der Waals surface area (Å²) in [6, 6.07) is 5.72. The molecule has 0 unspecified atom stereocenters. The van der Waals surface area contributed by atoms with Gasteiger partial charge in [-0.15, -0.1) is 0 Å². The van der Waals surface area contributed by atoms with Crippen molar-refractivity contribution in [3.63, 3.8) is 0 Å². The monoisotopic (exact) mass is 358 g/mol. The molecule has 0 radical (unpaired) electrons. The predicted octanol–water partition coefficient (Wildman–Crippen LogP) is 3.07. The molecule has 0 saturated heterocycles. The fraction of sp³-hybridized carbons (Fsp3) is 0.300. The number of allylic oxidation sites excluding steroid dienone is 2. The summed E-state index contributed by atoms with van der Waals surface area (Å²) in [6.07, 6.45) is 0.156. The van der Waals surface area contributed by atoms with E-state index in [1.807, 2.05) is 0 Å². The van der Waals surface area contributed by atoms with Crippen molar-refractivity contribution in [3.05, 3.63) is 59.7 Å². The summed E-state index contributed by atoms with van der Waals surface area (Å²) in [4.78, 5) is 46.5. The molecule has 6 nitrogen and oxygen atoms in total. The van der Waals surface area contributed by atoms with Crippen molar-refractivity contribution in [3.8, 4) is 0 Å². The lowest BCUT2D eigenvalue weighted by atomic mass is 10.1. The Hall–Kier alpha value is -3.02. The highest BCUT2D eigenvalue weighted by Gasteiger charge is 2.12. The van der Waals surface area contributed by atoms with Gasteiger partial charge in [-0.3, -0.25) is 9.59 Å². The van der Waals surface area contributed by atoms with E-state index in [1.165, 1.54) is 24.3 Å². The SMILES string of the molecule is C=C(C)C(=O)CCOC(=O)c1ccc(C(=O)OCCC(=O)C(=C)C)cc1. The summed E-state index contributed by atoms with van der Waals surface area (Å²) in [5.41, 5.74) is 1.33. The lowest BCUT2D eigenvalue weighted by Crippen LogP contribution is -2.12. The molecule has 0 aromatic heterocycles. The number of rotatable bonds is 10. The van der Waals surface area contributed by atoms with Gasteiger partial charge >= 0.3 is 11.9 Å². The topological polar surface area (TPSA) is 86.7 Å². The van der Waals surface area contributed by atoms with E-state index in [9.17, 15) is 19.2 Å². The first-order valence-corrected chi connectivity index (χ1v) is 8.04. The summed E-state index contributed by atoms with van der Waals surface area (Å²) in [5, 5.41) is 0. The van der Waals surface area contributed by atoms with Gasteiger partial charge in [0.15, 0.2) is 11.6 Å². The Balaban J connectivity index is 2.49. The fourth-order valence-corrected chi connectivity index (χ4v) is 1.81. The fourth-order valence-electron chi connectivity index (χ4n) is 1.81. The Morgan fingerprint density at radius 2 is 1.04 bits per heavy atom. The van der Waals surface area contributed by atoms with Crippen LogP contribution in [0.4, 0.5) is 0 Å². The largest absolute Gasteiger partial charge is 0.462 e. The van der Waals surface area contributed by atoms with Gasteiger partial charge in [-0.25, -0.2) is 9.59 Å². The van der Waals surface area contributed by atoms with E-state index in [2.05, 4.69) is 13.2 Å². The number of carbonyl (C=O) groups is 4. The predicted molar refractivity (Wildman–Crippen MR) is 95.9 cm³/mol. The molecule has 0 bridgehead atoms. The zero-order valence-corrected chi connectivity index (χ0v) is 15.0. The highest BCUT2D eigenvalue weighted by Crippen LogP contribution is 2.09.